The van der Waals surface area contributed by atoms with Crippen LogP contribution in [0.4, 0.5) is 0 Å². The fourth-order valence-electron chi connectivity index (χ4n) is 4.65. The number of carbonyl (C=O) groups excluding carboxylic acids is 1. The molecule has 0 saturated carbocycles. The number of benzene rings is 4. The number of hydrogen-bond acceptors (Lipinski definition) is 3. The van der Waals surface area contributed by atoms with Crippen LogP contribution in [-0.4, -0.2) is 30.1 Å². The van der Waals surface area contributed by atoms with E-state index in [-0.39, 0.29) is 10.8 Å². The van der Waals surface area contributed by atoms with E-state index in [9.17, 15) is 13.2 Å². The van der Waals surface area contributed by atoms with Gasteiger partial charge in [-0.15, -0.1) is 0 Å². The second-order valence-corrected chi connectivity index (χ2v) is 10.4. The van der Waals surface area contributed by atoms with Gasteiger partial charge in [0.25, 0.3) is 0 Å². The van der Waals surface area contributed by atoms with Crippen molar-refractivity contribution in [1.82, 2.24) is 9.21 Å². The largest absolute Gasteiger partial charge is 0.320 e. The maximum atomic E-state index is 14.1. The summed E-state index contributed by atoms with van der Waals surface area (Å²) in [4.78, 5) is 15.9. The van der Waals surface area contributed by atoms with E-state index in [4.69, 9.17) is 0 Å². The molecule has 6 heteroatoms. The van der Waals surface area contributed by atoms with Crippen molar-refractivity contribution in [3.63, 3.8) is 0 Å². The van der Waals surface area contributed by atoms with Crippen LogP contribution < -0.4 is 0 Å². The van der Waals surface area contributed by atoms with Gasteiger partial charge in [-0.2, -0.15) is 4.31 Å². The number of hydrogen-bond donors (Lipinski definition) is 0. The van der Waals surface area contributed by atoms with Crippen LogP contribution in [0.2, 0.25) is 0 Å². The van der Waals surface area contributed by atoms with Gasteiger partial charge >= 0.3 is 0 Å². The lowest BCUT2D eigenvalue weighted by Crippen LogP contribution is -2.37. The van der Waals surface area contributed by atoms with Crippen molar-refractivity contribution in [3.05, 3.63) is 138 Å². The Balaban J connectivity index is 1.65. The number of nitrogens with zero attached hydrogens (tertiary/aromatic N) is 2. The van der Waals surface area contributed by atoms with Crippen molar-refractivity contribution in [2.75, 3.05) is 6.54 Å². The maximum absolute atomic E-state index is 14.1. The Labute approximate surface area is 206 Å². The summed E-state index contributed by atoms with van der Waals surface area (Å²) >= 11 is 0. The Morgan fingerprint density at radius 1 is 0.629 bits per heavy atom. The van der Waals surface area contributed by atoms with E-state index >= 15 is 0 Å². The van der Waals surface area contributed by atoms with Gasteiger partial charge in [-0.1, -0.05) is 109 Å². The summed E-state index contributed by atoms with van der Waals surface area (Å²) < 4.78 is 29.6. The highest BCUT2D eigenvalue weighted by Gasteiger charge is 2.53. The lowest BCUT2D eigenvalue weighted by atomic mass is 10.1. The third-order valence-corrected chi connectivity index (χ3v) is 8.16. The molecule has 1 amide bonds. The molecule has 2 atom stereocenters. The molecule has 2 unspecified atom stereocenters. The van der Waals surface area contributed by atoms with Gasteiger partial charge < -0.3 is 4.90 Å². The molecule has 0 radical (unpaired) electrons. The summed E-state index contributed by atoms with van der Waals surface area (Å²) in [5.41, 5.74) is 2.50. The molecule has 35 heavy (non-hydrogen) atoms. The number of amides is 1. The fourth-order valence-corrected chi connectivity index (χ4v) is 6.39. The van der Waals surface area contributed by atoms with Crippen LogP contribution in [0.5, 0.6) is 0 Å². The van der Waals surface area contributed by atoms with Gasteiger partial charge in [0.05, 0.1) is 4.90 Å². The first kappa shape index (κ1) is 23.0. The van der Waals surface area contributed by atoms with E-state index in [1.807, 2.05) is 91.0 Å². The SMILES string of the molecule is O=C1C(c2ccccc2)N(S(=O)(=O)c2ccccc2)C(c2ccccc2)N1CCc1ccccc1. The third kappa shape index (κ3) is 4.50. The highest BCUT2D eigenvalue weighted by molar-refractivity contribution is 7.89. The van der Waals surface area contributed by atoms with Crippen LogP contribution in [-0.2, 0) is 21.2 Å². The summed E-state index contributed by atoms with van der Waals surface area (Å²) in [6, 6.07) is 35.9. The van der Waals surface area contributed by atoms with E-state index in [0.717, 1.165) is 11.1 Å². The zero-order valence-corrected chi connectivity index (χ0v) is 20.0. The van der Waals surface area contributed by atoms with Crippen LogP contribution >= 0.6 is 0 Å². The molecule has 0 spiro atoms. The van der Waals surface area contributed by atoms with E-state index < -0.39 is 22.2 Å². The molecule has 1 aliphatic heterocycles. The molecule has 4 aromatic carbocycles. The van der Waals surface area contributed by atoms with E-state index in [0.29, 0.717) is 18.5 Å². The zero-order chi connectivity index (χ0) is 24.3. The van der Waals surface area contributed by atoms with Gasteiger partial charge in [-0.05, 0) is 35.2 Å². The summed E-state index contributed by atoms with van der Waals surface area (Å²) in [6.45, 7) is 0.395. The van der Waals surface area contributed by atoms with Crippen LogP contribution in [0.3, 0.4) is 0 Å². The lowest BCUT2D eigenvalue weighted by Gasteiger charge is -2.31. The predicted molar refractivity (Wildman–Crippen MR) is 136 cm³/mol. The molecule has 176 valence electrons. The van der Waals surface area contributed by atoms with Crippen LogP contribution in [0.15, 0.2) is 126 Å². The normalized spacial score (nSPS) is 18.6. The molecule has 1 saturated heterocycles. The number of rotatable bonds is 7. The molecule has 1 aliphatic rings. The van der Waals surface area contributed by atoms with Crippen molar-refractivity contribution < 1.29 is 13.2 Å². The van der Waals surface area contributed by atoms with E-state index in [2.05, 4.69) is 0 Å². The molecule has 0 aliphatic carbocycles. The van der Waals surface area contributed by atoms with Crippen molar-refractivity contribution in [2.24, 2.45) is 0 Å². The molecule has 0 N–H and O–H groups in total. The minimum Gasteiger partial charge on any atom is -0.320 e. The average molecular weight is 483 g/mol. The Morgan fingerprint density at radius 2 is 1.11 bits per heavy atom. The molecule has 0 bridgehead atoms. The molecule has 5 nitrogen and oxygen atoms in total. The Kier molecular flexibility index (Phi) is 6.49. The Bertz CT molecular complexity index is 1380. The van der Waals surface area contributed by atoms with Gasteiger partial charge in [0, 0.05) is 6.54 Å². The minimum atomic E-state index is -4.01. The van der Waals surface area contributed by atoms with Gasteiger partial charge in [0.2, 0.25) is 15.9 Å². The first-order chi connectivity index (χ1) is 17.1. The van der Waals surface area contributed by atoms with Crippen molar-refractivity contribution in [2.45, 2.75) is 23.5 Å². The van der Waals surface area contributed by atoms with Crippen LogP contribution in [0, 0.1) is 0 Å². The summed E-state index contributed by atoms with van der Waals surface area (Å²) in [5, 5.41) is 0. The standard InChI is InChI=1S/C29H26N2O3S/c32-29-27(24-15-7-2-8-16-24)31(35(33,34)26-19-11-4-12-20-26)28(25-17-9-3-10-18-25)30(29)22-21-23-13-5-1-6-14-23/h1-20,27-28H,21-22H2. The highest BCUT2D eigenvalue weighted by Crippen LogP contribution is 2.45. The van der Waals surface area contributed by atoms with Crippen molar-refractivity contribution in [3.8, 4) is 0 Å². The molecule has 0 aromatic heterocycles. The Hall–Kier alpha value is -3.74. The average Bonchev–Trinajstić information content (AvgIpc) is 3.22. The second kappa shape index (κ2) is 9.86. The van der Waals surface area contributed by atoms with E-state index in [1.54, 1.807) is 35.2 Å². The van der Waals surface area contributed by atoms with Gasteiger partial charge in [-0.3, -0.25) is 4.79 Å². The predicted octanol–water partition coefficient (Wildman–Crippen LogP) is 5.20. The quantitative estimate of drug-likeness (QED) is 0.364. The topological polar surface area (TPSA) is 57.7 Å². The summed E-state index contributed by atoms with van der Waals surface area (Å²) in [5.74, 6) is -0.222. The first-order valence-corrected chi connectivity index (χ1v) is 13.0. The molecular formula is C29H26N2O3S. The van der Waals surface area contributed by atoms with Gasteiger partial charge in [0.15, 0.2) is 0 Å². The fraction of sp³-hybridized carbons (Fsp3) is 0.138. The van der Waals surface area contributed by atoms with Gasteiger partial charge in [0.1, 0.15) is 12.2 Å². The molecule has 1 heterocycles. The number of carbonyl (C=O) groups is 1. The Morgan fingerprint density at radius 3 is 1.69 bits per heavy atom. The molecular weight excluding hydrogens is 456 g/mol. The van der Waals surface area contributed by atoms with Gasteiger partial charge in [-0.25, -0.2) is 8.42 Å². The van der Waals surface area contributed by atoms with Crippen molar-refractivity contribution in [1.29, 1.82) is 0 Å². The minimum absolute atomic E-state index is 0.166. The third-order valence-electron chi connectivity index (χ3n) is 6.32. The molecule has 4 aromatic rings. The zero-order valence-electron chi connectivity index (χ0n) is 19.1. The summed E-state index contributed by atoms with van der Waals surface area (Å²) in [6.07, 6.45) is -0.140. The smallest absolute Gasteiger partial charge is 0.247 e. The monoisotopic (exact) mass is 482 g/mol. The summed E-state index contributed by atoms with van der Waals surface area (Å²) in [7, 11) is -4.01. The molecule has 5 rings (SSSR count). The van der Waals surface area contributed by atoms with E-state index in [1.165, 1.54) is 4.31 Å². The maximum Gasteiger partial charge on any atom is 0.247 e. The van der Waals surface area contributed by atoms with Crippen LogP contribution in [0.25, 0.3) is 0 Å². The van der Waals surface area contributed by atoms with Crippen LogP contribution in [0.1, 0.15) is 28.9 Å². The first-order valence-electron chi connectivity index (χ1n) is 11.6. The molecule has 1 fully saturated rings. The number of sulfonamides is 1. The second-order valence-electron chi connectivity index (χ2n) is 8.51. The van der Waals surface area contributed by atoms with Crippen molar-refractivity contribution >= 4 is 15.9 Å². The lowest BCUT2D eigenvalue weighted by molar-refractivity contribution is -0.130. The highest BCUT2D eigenvalue weighted by atomic mass is 32.2.